The van der Waals surface area contributed by atoms with Crippen molar-refractivity contribution in [2.24, 2.45) is 0 Å². The molecule has 9 heteroatoms. The van der Waals surface area contributed by atoms with Gasteiger partial charge in [-0.3, -0.25) is 14.3 Å². The van der Waals surface area contributed by atoms with Crippen molar-refractivity contribution >= 4 is 11.8 Å². The molecule has 0 unspecified atom stereocenters. The number of amides is 2. The molecule has 0 saturated heterocycles. The zero-order valence-electron chi connectivity index (χ0n) is 14.9. The summed E-state index contributed by atoms with van der Waals surface area (Å²) in [6, 6.07) is 6.12. The Labute approximate surface area is 154 Å². The predicted octanol–water partition coefficient (Wildman–Crippen LogP) is 2.70. The van der Waals surface area contributed by atoms with E-state index in [0.717, 1.165) is 12.1 Å². The lowest BCUT2D eigenvalue weighted by Crippen LogP contribution is -2.39. The number of fused-ring (bicyclic) bond motifs is 1. The van der Waals surface area contributed by atoms with Gasteiger partial charge >= 0.3 is 6.18 Å². The van der Waals surface area contributed by atoms with Gasteiger partial charge in [-0.05, 0) is 31.5 Å². The van der Waals surface area contributed by atoms with Crippen LogP contribution in [0, 0.1) is 0 Å². The Balaban J connectivity index is 1.73. The molecule has 1 aromatic carbocycles. The maximum Gasteiger partial charge on any atom is 0.416 e. The minimum absolute atomic E-state index is 0.0527. The van der Waals surface area contributed by atoms with Crippen LogP contribution in [0.2, 0.25) is 0 Å². The van der Waals surface area contributed by atoms with Crippen LogP contribution in [-0.4, -0.2) is 39.1 Å². The van der Waals surface area contributed by atoms with Crippen LogP contribution in [-0.2, 0) is 19.3 Å². The molecule has 1 aliphatic heterocycles. The molecule has 1 aliphatic rings. The van der Waals surface area contributed by atoms with E-state index in [9.17, 15) is 22.8 Å². The van der Waals surface area contributed by atoms with Crippen LogP contribution in [0.1, 0.15) is 46.0 Å². The van der Waals surface area contributed by atoms with Crippen molar-refractivity contribution in [1.82, 2.24) is 20.0 Å². The Hall–Kier alpha value is -2.84. The van der Waals surface area contributed by atoms with Gasteiger partial charge in [0.1, 0.15) is 5.69 Å². The third kappa shape index (κ3) is 4.12. The van der Waals surface area contributed by atoms with Crippen molar-refractivity contribution in [2.45, 2.75) is 39.2 Å². The van der Waals surface area contributed by atoms with Crippen molar-refractivity contribution in [3.05, 3.63) is 52.8 Å². The Bertz CT molecular complexity index is 856. The zero-order valence-corrected chi connectivity index (χ0v) is 14.9. The third-order valence-electron chi connectivity index (χ3n) is 4.18. The Morgan fingerprint density at radius 1 is 1.22 bits per heavy atom. The summed E-state index contributed by atoms with van der Waals surface area (Å²) in [7, 11) is 0. The van der Waals surface area contributed by atoms with Gasteiger partial charge < -0.3 is 10.2 Å². The van der Waals surface area contributed by atoms with E-state index in [1.54, 1.807) is 0 Å². The minimum atomic E-state index is -4.39. The van der Waals surface area contributed by atoms with E-state index in [-0.39, 0.29) is 30.1 Å². The summed E-state index contributed by atoms with van der Waals surface area (Å²) in [6.07, 6.45) is -4.39. The maximum atomic E-state index is 12.7. The fraction of sp³-hybridized carbons (Fsp3) is 0.389. The van der Waals surface area contributed by atoms with E-state index in [1.807, 2.05) is 13.8 Å². The highest BCUT2D eigenvalue weighted by molar-refractivity contribution is 5.98. The average molecular weight is 380 g/mol. The maximum absolute atomic E-state index is 12.7. The van der Waals surface area contributed by atoms with Gasteiger partial charge in [0.25, 0.3) is 11.8 Å². The van der Waals surface area contributed by atoms with E-state index in [2.05, 4.69) is 10.4 Å². The number of halogens is 3. The number of hydrogen-bond acceptors (Lipinski definition) is 3. The standard InChI is InChI=1S/C18H19F3N4O2/c1-11(2)22-16(26)14-9-15-17(27)24(7-8-25(15)23-14)10-12-3-5-13(6-4-12)18(19,20)21/h3-6,9,11H,7-8,10H2,1-2H3,(H,22,26). The summed E-state index contributed by atoms with van der Waals surface area (Å²) in [5, 5.41) is 6.89. The molecule has 0 bridgehead atoms. The monoisotopic (exact) mass is 380 g/mol. The molecule has 0 atom stereocenters. The number of alkyl halides is 3. The molecule has 1 aromatic heterocycles. The lowest BCUT2D eigenvalue weighted by Gasteiger charge is -2.27. The molecule has 0 fully saturated rings. The number of benzene rings is 1. The topological polar surface area (TPSA) is 67.2 Å². The van der Waals surface area contributed by atoms with E-state index < -0.39 is 11.7 Å². The lowest BCUT2D eigenvalue weighted by molar-refractivity contribution is -0.137. The van der Waals surface area contributed by atoms with Gasteiger partial charge in [-0.15, -0.1) is 0 Å². The molecule has 3 rings (SSSR count). The SMILES string of the molecule is CC(C)NC(=O)c1cc2n(n1)CCN(Cc1ccc(C(F)(F)F)cc1)C2=O. The molecule has 0 spiro atoms. The van der Waals surface area contributed by atoms with E-state index in [4.69, 9.17) is 0 Å². The first kappa shape index (κ1) is 18.9. The summed E-state index contributed by atoms with van der Waals surface area (Å²) in [5.74, 6) is -0.661. The van der Waals surface area contributed by atoms with Gasteiger partial charge in [0.15, 0.2) is 5.69 Å². The normalized spacial score (nSPS) is 14.4. The van der Waals surface area contributed by atoms with Crippen LogP contribution in [0.3, 0.4) is 0 Å². The molecule has 0 saturated carbocycles. The van der Waals surface area contributed by atoms with E-state index in [0.29, 0.717) is 24.3 Å². The number of rotatable bonds is 4. The highest BCUT2D eigenvalue weighted by Crippen LogP contribution is 2.29. The fourth-order valence-corrected chi connectivity index (χ4v) is 2.86. The molecule has 0 aliphatic carbocycles. The zero-order chi connectivity index (χ0) is 19.8. The van der Waals surface area contributed by atoms with E-state index >= 15 is 0 Å². The second-order valence-electron chi connectivity index (χ2n) is 6.69. The molecule has 2 heterocycles. The number of hydrogen-bond donors (Lipinski definition) is 1. The first-order chi connectivity index (χ1) is 12.6. The number of aromatic nitrogens is 2. The highest BCUT2D eigenvalue weighted by atomic mass is 19.4. The van der Waals surface area contributed by atoms with Crippen LogP contribution >= 0.6 is 0 Å². The Kier molecular flexibility index (Phi) is 4.95. The molecule has 6 nitrogen and oxygen atoms in total. The highest BCUT2D eigenvalue weighted by Gasteiger charge is 2.31. The van der Waals surface area contributed by atoms with E-state index in [1.165, 1.54) is 27.8 Å². The van der Waals surface area contributed by atoms with Crippen molar-refractivity contribution < 1.29 is 22.8 Å². The summed E-state index contributed by atoms with van der Waals surface area (Å²) >= 11 is 0. The van der Waals surface area contributed by atoms with Crippen molar-refractivity contribution in [2.75, 3.05) is 6.54 Å². The van der Waals surface area contributed by atoms with Crippen LogP contribution in [0.4, 0.5) is 13.2 Å². The van der Waals surface area contributed by atoms with Gasteiger partial charge in [-0.25, -0.2) is 0 Å². The lowest BCUT2D eigenvalue weighted by atomic mass is 10.1. The largest absolute Gasteiger partial charge is 0.416 e. The van der Waals surface area contributed by atoms with Gasteiger partial charge in [-0.1, -0.05) is 12.1 Å². The second-order valence-corrected chi connectivity index (χ2v) is 6.69. The quantitative estimate of drug-likeness (QED) is 0.887. The summed E-state index contributed by atoms with van der Waals surface area (Å²) in [5.41, 5.74) is 0.336. The molecule has 27 heavy (non-hydrogen) atoms. The van der Waals surface area contributed by atoms with Crippen molar-refractivity contribution in [3.63, 3.8) is 0 Å². The van der Waals surface area contributed by atoms with Crippen LogP contribution < -0.4 is 5.32 Å². The molecule has 2 aromatic rings. The summed E-state index contributed by atoms with van der Waals surface area (Å²) in [4.78, 5) is 26.3. The van der Waals surface area contributed by atoms with Gasteiger partial charge in [0, 0.05) is 25.2 Å². The Morgan fingerprint density at radius 2 is 1.89 bits per heavy atom. The number of nitrogens with zero attached hydrogens (tertiary/aromatic N) is 3. The Morgan fingerprint density at radius 3 is 2.48 bits per heavy atom. The summed E-state index contributed by atoms with van der Waals surface area (Å²) < 4.78 is 39.4. The first-order valence-electron chi connectivity index (χ1n) is 8.49. The van der Waals surface area contributed by atoms with Crippen LogP contribution in [0.25, 0.3) is 0 Å². The van der Waals surface area contributed by atoms with Crippen molar-refractivity contribution in [3.8, 4) is 0 Å². The molecule has 1 N–H and O–H groups in total. The number of carbonyl (C=O) groups is 2. The second kappa shape index (κ2) is 7.05. The number of carbonyl (C=O) groups excluding carboxylic acids is 2. The molecule has 0 radical (unpaired) electrons. The first-order valence-corrected chi connectivity index (χ1v) is 8.49. The number of nitrogens with one attached hydrogen (secondary N) is 1. The average Bonchev–Trinajstić information content (AvgIpc) is 3.02. The molecular weight excluding hydrogens is 361 g/mol. The predicted molar refractivity (Wildman–Crippen MR) is 91.0 cm³/mol. The van der Waals surface area contributed by atoms with Gasteiger partial charge in [0.2, 0.25) is 0 Å². The van der Waals surface area contributed by atoms with Gasteiger partial charge in [0.05, 0.1) is 12.1 Å². The van der Waals surface area contributed by atoms with Gasteiger partial charge in [-0.2, -0.15) is 18.3 Å². The smallest absolute Gasteiger partial charge is 0.348 e. The van der Waals surface area contributed by atoms with Crippen LogP contribution in [0.5, 0.6) is 0 Å². The summed E-state index contributed by atoms with van der Waals surface area (Å²) in [6.45, 7) is 4.61. The molecular formula is C18H19F3N4O2. The fourth-order valence-electron chi connectivity index (χ4n) is 2.86. The molecule has 2 amide bonds. The van der Waals surface area contributed by atoms with Crippen LogP contribution in [0.15, 0.2) is 30.3 Å². The minimum Gasteiger partial charge on any atom is -0.348 e. The van der Waals surface area contributed by atoms with Crippen molar-refractivity contribution in [1.29, 1.82) is 0 Å². The third-order valence-corrected chi connectivity index (χ3v) is 4.18. The molecule has 144 valence electrons.